The molecule has 164 valence electrons. The summed E-state index contributed by atoms with van der Waals surface area (Å²) < 4.78 is 4.52. The predicted molar refractivity (Wildman–Crippen MR) is 106 cm³/mol. The molecular formula is C22H22O9. The van der Waals surface area contributed by atoms with Crippen LogP contribution in [0.2, 0.25) is 0 Å². The summed E-state index contributed by atoms with van der Waals surface area (Å²) in [6.45, 7) is 5.33. The van der Waals surface area contributed by atoms with Crippen LogP contribution in [0.3, 0.4) is 0 Å². The highest BCUT2D eigenvalue weighted by molar-refractivity contribution is 6.14. The Morgan fingerprint density at radius 2 is 1.90 bits per heavy atom. The number of aliphatic hydroxyl groups excluding tert-OH is 1. The molecule has 1 aliphatic heterocycles. The molecular weight excluding hydrogens is 408 g/mol. The van der Waals surface area contributed by atoms with Crippen LogP contribution in [0.1, 0.15) is 35.1 Å². The standard InChI is InChI=1S/C22H22O9/c1-10-15-8-14(22(27,28)18(15)24)7-13-5-12(6-16(23)11(2)17(10)13)9-21(3-4-30-29)19(25)31-20(21)26/h5-7,15,18,24,27-29H,1,3-4,8-9H2,2H3. The van der Waals surface area contributed by atoms with E-state index < -0.39 is 35.2 Å². The average Bonchev–Trinajstić information content (AvgIpc) is 2.82. The third-order valence-corrected chi connectivity index (χ3v) is 6.59. The molecule has 4 rings (SSSR count). The first-order valence-corrected chi connectivity index (χ1v) is 9.77. The van der Waals surface area contributed by atoms with E-state index >= 15 is 0 Å². The number of aliphatic hydroxyl groups is 3. The molecule has 2 bridgehead atoms. The highest BCUT2D eigenvalue weighted by Crippen LogP contribution is 2.48. The Morgan fingerprint density at radius 1 is 1.23 bits per heavy atom. The van der Waals surface area contributed by atoms with Gasteiger partial charge in [-0.1, -0.05) is 12.6 Å². The third kappa shape index (κ3) is 3.08. The van der Waals surface area contributed by atoms with Crippen LogP contribution in [-0.4, -0.2) is 51.0 Å². The molecule has 3 aliphatic rings. The van der Waals surface area contributed by atoms with Crippen molar-refractivity contribution in [2.45, 2.75) is 38.1 Å². The molecule has 0 spiro atoms. The van der Waals surface area contributed by atoms with E-state index in [1.165, 1.54) is 12.1 Å². The number of fused-ring (bicyclic) bond motifs is 3. The van der Waals surface area contributed by atoms with Crippen molar-refractivity contribution in [1.29, 1.82) is 0 Å². The fourth-order valence-corrected chi connectivity index (χ4v) is 4.72. The smallest absolute Gasteiger partial charge is 0.331 e. The molecule has 0 aromatic heterocycles. The van der Waals surface area contributed by atoms with Gasteiger partial charge in [0.2, 0.25) is 5.79 Å². The second-order valence-corrected chi connectivity index (χ2v) is 8.38. The van der Waals surface area contributed by atoms with Crippen LogP contribution in [0.25, 0.3) is 11.6 Å². The number of hydrogen-bond donors (Lipinski definition) is 4. The second kappa shape index (κ2) is 7.18. The molecule has 9 heteroatoms. The molecule has 2 unspecified atom stereocenters. The van der Waals surface area contributed by atoms with Gasteiger partial charge in [0.05, 0.1) is 6.61 Å². The summed E-state index contributed by atoms with van der Waals surface area (Å²) in [5.41, 5.74) is 0.282. The zero-order chi connectivity index (χ0) is 22.7. The van der Waals surface area contributed by atoms with Gasteiger partial charge in [0.1, 0.15) is 6.10 Å². The van der Waals surface area contributed by atoms with Gasteiger partial charge < -0.3 is 20.1 Å². The Kier molecular flexibility index (Phi) is 4.99. The molecule has 2 fully saturated rings. The van der Waals surface area contributed by atoms with Gasteiger partial charge in [-0.25, -0.2) is 4.89 Å². The van der Waals surface area contributed by atoms with Crippen molar-refractivity contribution in [3.05, 3.63) is 56.8 Å². The molecule has 4 N–H and O–H groups in total. The van der Waals surface area contributed by atoms with Crippen LogP contribution in [0, 0.1) is 18.3 Å². The molecule has 1 saturated heterocycles. The van der Waals surface area contributed by atoms with E-state index in [0.717, 1.165) is 0 Å². The Labute approximate surface area is 176 Å². The zero-order valence-corrected chi connectivity index (χ0v) is 16.8. The SMILES string of the molecule is C=C1c2c(cc(CC3(CCOO)C(=O)OC3=O)cc(=O)c2C)C=C2CC1C(O)C2(O)O. The lowest BCUT2D eigenvalue weighted by Gasteiger charge is -2.35. The van der Waals surface area contributed by atoms with Crippen LogP contribution in [0.5, 0.6) is 0 Å². The number of hydrogen-bond acceptors (Lipinski definition) is 9. The van der Waals surface area contributed by atoms with Crippen molar-refractivity contribution >= 4 is 23.6 Å². The lowest BCUT2D eigenvalue weighted by Crippen LogP contribution is -2.55. The maximum atomic E-state index is 12.9. The molecule has 1 saturated carbocycles. The van der Waals surface area contributed by atoms with E-state index in [1.54, 1.807) is 13.0 Å². The molecule has 0 amide bonds. The maximum Gasteiger partial charge on any atom is 0.331 e. The summed E-state index contributed by atoms with van der Waals surface area (Å²) in [5, 5.41) is 39.7. The summed E-state index contributed by atoms with van der Waals surface area (Å²) in [7, 11) is 0. The van der Waals surface area contributed by atoms with Gasteiger partial charge in [-0.05, 0) is 59.7 Å². The lowest BCUT2D eigenvalue weighted by molar-refractivity contribution is -0.250. The molecule has 31 heavy (non-hydrogen) atoms. The largest absolute Gasteiger partial charge is 0.391 e. The van der Waals surface area contributed by atoms with Crippen molar-refractivity contribution in [1.82, 2.24) is 0 Å². The van der Waals surface area contributed by atoms with Crippen LogP contribution >= 0.6 is 0 Å². The highest BCUT2D eigenvalue weighted by Gasteiger charge is 2.58. The summed E-state index contributed by atoms with van der Waals surface area (Å²) in [6, 6.07) is 2.89. The quantitative estimate of drug-likeness (QED) is 0.170. The van der Waals surface area contributed by atoms with Gasteiger partial charge in [0.25, 0.3) is 0 Å². The minimum atomic E-state index is -2.43. The molecule has 1 aromatic rings. The summed E-state index contributed by atoms with van der Waals surface area (Å²) in [6.07, 6.45) is -0.112. The lowest BCUT2D eigenvalue weighted by atomic mass is 9.75. The highest BCUT2D eigenvalue weighted by atomic mass is 17.1. The van der Waals surface area contributed by atoms with Gasteiger partial charge in [-0.3, -0.25) is 19.6 Å². The molecule has 2 aliphatic carbocycles. The molecule has 0 radical (unpaired) electrons. The fourth-order valence-electron chi connectivity index (χ4n) is 4.72. The minimum absolute atomic E-state index is 0.131. The first-order valence-electron chi connectivity index (χ1n) is 9.77. The number of carbonyl (C=O) groups excluding carboxylic acids is 2. The van der Waals surface area contributed by atoms with Crippen LogP contribution in [-0.2, 0) is 25.6 Å². The van der Waals surface area contributed by atoms with Crippen LogP contribution in [0.15, 0.2) is 29.1 Å². The van der Waals surface area contributed by atoms with E-state index in [-0.39, 0.29) is 36.9 Å². The Balaban J connectivity index is 1.88. The van der Waals surface area contributed by atoms with E-state index in [1.807, 2.05) is 0 Å². The van der Waals surface area contributed by atoms with Crippen LogP contribution < -0.4 is 5.43 Å². The number of carbonyl (C=O) groups is 2. The molecule has 9 nitrogen and oxygen atoms in total. The van der Waals surface area contributed by atoms with Crippen molar-refractivity contribution in [2.75, 3.05) is 6.61 Å². The van der Waals surface area contributed by atoms with Crippen molar-refractivity contribution in [3.63, 3.8) is 0 Å². The van der Waals surface area contributed by atoms with Crippen molar-refractivity contribution < 1.29 is 39.8 Å². The monoisotopic (exact) mass is 430 g/mol. The van der Waals surface area contributed by atoms with E-state index in [0.29, 0.717) is 27.8 Å². The van der Waals surface area contributed by atoms with Gasteiger partial charge in [0, 0.05) is 17.9 Å². The predicted octanol–water partition coefficient (Wildman–Crippen LogP) is 0.319. The van der Waals surface area contributed by atoms with Crippen molar-refractivity contribution in [2.24, 2.45) is 11.3 Å². The van der Waals surface area contributed by atoms with Crippen LogP contribution in [0.4, 0.5) is 0 Å². The van der Waals surface area contributed by atoms with E-state index in [9.17, 15) is 29.7 Å². The molecule has 2 atom stereocenters. The summed E-state index contributed by atoms with van der Waals surface area (Å²) >= 11 is 0. The zero-order valence-electron chi connectivity index (χ0n) is 16.8. The summed E-state index contributed by atoms with van der Waals surface area (Å²) in [4.78, 5) is 41.2. The van der Waals surface area contributed by atoms with E-state index in [2.05, 4.69) is 16.2 Å². The second-order valence-electron chi connectivity index (χ2n) is 8.38. The van der Waals surface area contributed by atoms with Gasteiger partial charge >= 0.3 is 11.9 Å². The number of ether oxygens (including phenoxy) is 1. The van der Waals surface area contributed by atoms with Crippen molar-refractivity contribution in [3.8, 4) is 0 Å². The first-order chi connectivity index (χ1) is 14.5. The topological polar surface area (TPSA) is 151 Å². The van der Waals surface area contributed by atoms with Gasteiger partial charge in [-0.15, -0.1) is 0 Å². The molecule has 1 aromatic carbocycles. The minimum Gasteiger partial charge on any atom is -0.391 e. The average molecular weight is 430 g/mol. The van der Waals surface area contributed by atoms with E-state index in [4.69, 9.17) is 5.26 Å². The number of esters is 2. The fraction of sp³-hybridized carbons (Fsp3) is 0.409. The Morgan fingerprint density at radius 3 is 2.52 bits per heavy atom. The Hall–Kier alpha value is -2.69. The summed E-state index contributed by atoms with van der Waals surface area (Å²) in [5.74, 6) is -4.65. The van der Waals surface area contributed by atoms with Gasteiger partial charge in [0.15, 0.2) is 10.8 Å². The number of cyclic esters (lactones) is 2. The first kappa shape index (κ1) is 21.5. The molecule has 1 heterocycles. The maximum absolute atomic E-state index is 12.9. The van der Waals surface area contributed by atoms with Gasteiger partial charge in [-0.2, -0.15) is 0 Å². The third-order valence-electron chi connectivity index (χ3n) is 6.59. The number of rotatable bonds is 5. The Bertz CT molecular complexity index is 1080. The normalized spacial score (nSPS) is 25.3.